The molecule has 1 amide bonds. The molecule has 0 aliphatic carbocycles. The fraction of sp³-hybridized carbons (Fsp3) is 0.240. The van der Waals surface area contributed by atoms with Gasteiger partial charge in [0.25, 0.3) is 5.69 Å². The SMILES string of the molecule is COc1cc2c(cc1OC)C(c1ccccc1)N(C(=O)Cc1ccc([N+](=O)[O-])cc1)CC2. The normalized spacial score (nSPS) is 15.1. The lowest BCUT2D eigenvalue weighted by atomic mass is 9.87. The molecule has 32 heavy (non-hydrogen) atoms. The number of carbonyl (C=O) groups is 1. The monoisotopic (exact) mass is 432 g/mol. The summed E-state index contributed by atoms with van der Waals surface area (Å²) < 4.78 is 11.0. The molecule has 0 fully saturated rings. The van der Waals surface area contributed by atoms with Crippen molar-refractivity contribution in [1.82, 2.24) is 4.90 Å². The maximum Gasteiger partial charge on any atom is 0.269 e. The predicted octanol–water partition coefficient (Wildman–Crippen LogP) is 4.33. The predicted molar refractivity (Wildman–Crippen MR) is 120 cm³/mol. The van der Waals surface area contributed by atoms with Gasteiger partial charge in [0.1, 0.15) is 0 Å². The van der Waals surface area contributed by atoms with E-state index >= 15 is 0 Å². The van der Waals surface area contributed by atoms with Gasteiger partial charge < -0.3 is 14.4 Å². The average molecular weight is 432 g/mol. The number of methoxy groups -OCH3 is 2. The van der Waals surface area contributed by atoms with Crippen molar-refractivity contribution in [1.29, 1.82) is 0 Å². The number of nitro benzene ring substituents is 1. The summed E-state index contributed by atoms with van der Waals surface area (Å²) >= 11 is 0. The molecule has 1 atom stereocenters. The van der Waals surface area contributed by atoms with Crippen LogP contribution < -0.4 is 9.47 Å². The molecule has 1 aliphatic rings. The summed E-state index contributed by atoms with van der Waals surface area (Å²) in [5.41, 5.74) is 3.90. The zero-order valence-electron chi connectivity index (χ0n) is 18.0. The number of fused-ring (bicyclic) bond motifs is 1. The molecule has 7 nitrogen and oxygen atoms in total. The van der Waals surface area contributed by atoms with Gasteiger partial charge in [-0.1, -0.05) is 42.5 Å². The first-order valence-electron chi connectivity index (χ1n) is 10.3. The van der Waals surface area contributed by atoms with Crippen LogP contribution in [0.4, 0.5) is 5.69 Å². The lowest BCUT2D eigenvalue weighted by molar-refractivity contribution is -0.384. The van der Waals surface area contributed by atoms with Crippen LogP contribution in [0.3, 0.4) is 0 Å². The van der Waals surface area contributed by atoms with Crippen LogP contribution in [0.15, 0.2) is 66.7 Å². The van der Waals surface area contributed by atoms with Crippen LogP contribution in [0.1, 0.15) is 28.3 Å². The van der Waals surface area contributed by atoms with Gasteiger partial charge >= 0.3 is 0 Å². The van der Waals surface area contributed by atoms with Crippen LogP contribution in [-0.4, -0.2) is 36.5 Å². The van der Waals surface area contributed by atoms with E-state index in [0.29, 0.717) is 24.5 Å². The summed E-state index contributed by atoms with van der Waals surface area (Å²) in [7, 11) is 3.21. The van der Waals surface area contributed by atoms with Crippen molar-refractivity contribution in [3.05, 3.63) is 99.1 Å². The molecule has 3 aromatic carbocycles. The van der Waals surface area contributed by atoms with Crippen LogP contribution in [0.5, 0.6) is 11.5 Å². The summed E-state index contributed by atoms with van der Waals surface area (Å²) in [6, 6.07) is 19.7. The zero-order chi connectivity index (χ0) is 22.7. The molecule has 164 valence electrons. The Balaban J connectivity index is 1.70. The van der Waals surface area contributed by atoms with Gasteiger partial charge in [0.05, 0.1) is 31.6 Å². The molecule has 1 unspecified atom stereocenters. The third kappa shape index (κ3) is 4.14. The van der Waals surface area contributed by atoms with E-state index in [1.807, 2.05) is 47.4 Å². The minimum Gasteiger partial charge on any atom is -0.493 e. The van der Waals surface area contributed by atoms with E-state index in [9.17, 15) is 14.9 Å². The van der Waals surface area contributed by atoms with Crippen molar-refractivity contribution in [3.63, 3.8) is 0 Å². The Morgan fingerprint density at radius 2 is 1.69 bits per heavy atom. The Morgan fingerprint density at radius 3 is 2.31 bits per heavy atom. The van der Waals surface area contributed by atoms with E-state index in [4.69, 9.17) is 9.47 Å². The van der Waals surface area contributed by atoms with Gasteiger partial charge in [-0.15, -0.1) is 0 Å². The van der Waals surface area contributed by atoms with E-state index in [-0.39, 0.29) is 24.1 Å². The molecular weight excluding hydrogens is 408 g/mol. The highest BCUT2D eigenvalue weighted by atomic mass is 16.6. The first-order chi connectivity index (χ1) is 15.5. The third-order valence-corrected chi connectivity index (χ3v) is 5.81. The van der Waals surface area contributed by atoms with Crippen molar-refractivity contribution in [2.45, 2.75) is 18.9 Å². The fourth-order valence-electron chi connectivity index (χ4n) is 4.22. The first kappa shape index (κ1) is 21.4. The molecule has 0 saturated carbocycles. The van der Waals surface area contributed by atoms with E-state index in [1.165, 1.54) is 12.1 Å². The van der Waals surface area contributed by atoms with Gasteiger partial charge in [0.2, 0.25) is 5.91 Å². The number of carbonyl (C=O) groups excluding carboxylic acids is 1. The second kappa shape index (κ2) is 9.09. The smallest absolute Gasteiger partial charge is 0.269 e. The summed E-state index contributed by atoms with van der Waals surface area (Å²) in [5.74, 6) is 1.26. The number of hydrogen-bond donors (Lipinski definition) is 0. The topological polar surface area (TPSA) is 81.9 Å². The molecule has 0 saturated heterocycles. The number of benzene rings is 3. The third-order valence-electron chi connectivity index (χ3n) is 5.81. The number of hydrogen-bond acceptors (Lipinski definition) is 5. The Bertz CT molecular complexity index is 1130. The number of nitrogens with zero attached hydrogens (tertiary/aromatic N) is 2. The summed E-state index contributed by atoms with van der Waals surface area (Å²) in [6.07, 6.45) is 0.870. The molecule has 7 heteroatoms. The largest absolute Gasteiger partial charge is 0.493 e. The van der Waals surface area contributed by atoms with Gasteiger partial charge in [-0.3, -0.25) is 14.9 Å². The number of rotatable bonds is 6. The van der Waals surface area contributed by atoms with Gasteiger partial charge in [0.15, 0.2) is 11.5 Å². The minimum absolute atomic E-state index is 0.0105. The highest BCUT2D eigenvalue weighted by Crippen LogP contribution is 2.41. The first-order valence-corrected chi connectivity index (χ1v) is 10.3. The van der Waals surface area contributed by atoms with Gasteiger partial charge in [-0.25, -0.2) is 0 Å². The van der Waals surface area contributed by atoms with Crippen LogP contribution >= 0.6 is 0 Å². The zero-order valence-corrected chi connectivity index (χ0v) is 18.0. The van der Waals surface area contributed by atoms with Crippen molar-refractivity contribution < 1.29 is 19.2 Å². The van der Waals surface area contributed by atoms with E-state index < -0.39 is 4.92 Å². The van der Waals surface area contributed by atoms with E-state index in [0.717, 1.165) is 22.3 Å². The standard InChI is InChI=1S/C25H24N2O5/c1-31-22-15-19-12-13-26(24(28)14-17-8-10-20(11-9-17)27(29)30)25(18-6-4-3-5-7-18)21(19)16-23(22)32-2/h3-11,15-16,25H,12-14H2,1-2H3. The Hall–Kier alpha value is -3.87. The molecule has 0 radical (unpaired) electrons. The second-order valence-electron chi connectivity index (χ2n) is 7.66. The highest BCUT2D eigenvalue weighted by molar-refractivity contribution is 5.80. The van der Waals surface area contributed by atoms with Crippen LogP contribution in [0.25, 0.3) is 0 Å². The molecule has 1 aliphatic heterocycles. The summed E-state index contributed by atoms with van der Waals surface area (Å²) in [4.78, 5) is 25.7. The maximum absolute atomic E-state index is 13.4. The molecule has 4 rings (SSSR count). The quantitative estimate of drug-likeness (QED) is 0.428. The average Bonchev–Trinajstić information content (AvgIpc) is 2.83. The number of ether oxygens (including phenoxy) is 2. The molecular formula is C25H24N2O5. The number of nitro groups is 1. The van der Waals surface area contributed by atoms with Crippen molar-refractivity contribution >= 4 is 11.6 Å². The highest BCUT2D eigenvalue weighted by Gasteiger charge is 2.33. The van der Waals surface area contributed by atoms with Gasteiger partial charge in [-0.2, -0.15) is 0 Å². The summed E-state index contributed by atoms with van der Waals surface area (Å²) in [6.45, 7) is 0.563. The number of non-ortho nitro benzene ring substituents is 1. The molecule has 3 aromatic rings. The molecule has 0 spiro atoms. The van der Waals surface area contributed by atoms with Crippen LogP contribution in [-0.2, 0) is 17.6 Å². The molecule has 0 bridgehead atoms. The lowest BCUT2D eigenvalue weighted by Crippen LogP contribution is -2.41. The number of amides is 1. The fourth-order valence-corrected chi connectivity index (χ4v) is 4.22. The van der Waals surface area contributed by atoms with Crippen molar-refractivity contribution in [3.8, 4) is 11.5 Å². The Morgan fingerprint density at radius 1 is 1.03 bits per heavy atom. The van der Waals surface area contributed by atoms with Crippen LogP contribution in [0, 0.1) is 10.1 Å². The van der Waals surface area contributed by atoms with Crippen molar-refractivity contribution in [2.75, 3.05) is 20.8 Å². The molecule has 0 N–H and O–H groups in total. The van der Waals surface area contributed by atoms with Gasteiger partial charge in [0, 0.05) is 18.7 Å². The Labute approximate surface area is 186 Å². The van der Waals surface area contributed by atoms with E-state index in [1.54, 1.807) is 26.4 Å². The van der Waals surface area contributed by atoms with E-state index in [2.05, 4.69) is 0 Å². The van der Waals surface area contributed by atoms with Crippen LogP contribution in [0.2, 0.25) is 0 Å². The molecule has 0 aromatic heterocycles. The maximum atomic E-state index is 13.4. The summed E-state index contributed by atoms with van der Waals surface area (Å²) in [5, 5.41) is 10.9. The van der Waals surface area contributed by atoms with Gasteiger partial charge in [-0.05, 0) is 40.8 Å². The molecule has 1 heterocycles. The Kier molecular flexibility index (Phi) is 6.07. The lowest BCUT2D eigenvalue weighted by Gasteiger charge is -2.38. The minimum atomic E-state index is -0.444. The van der Waals surface area contributed by atoms with Crippen molar-refractivity contribution in [2.24, 2.45) is 0 Å². The second-order valence-corrected chi connectivity index (χ2v) is 7.66.